The predicted octanol–water partition coefficient (Wildman–Crippen LogP) is 2.43. The molecule has 1 aliphatic heterocycles. The molecule has 2 rings (SSSR count). The molecule has 0 aromatic carbocycles. The topological polar surface area (TPSA) is 40.1 Å². The van der Waals surface area contributed by atoms with Gasteiger partial charge in [0.2, 0.25) is 0 Å². The second-order valence-electron chi connectivity index (χ2n) is 7.67. The Kier molecular flexibility index (Phi) is 8.89. The van der Waals surface area contributed by atoms with Gasteiger partial charge in [-0.3, -0.25) is 4.99 Å². The third-order valence-electron chi connectivity index (χ3n) is 5.12. The molecule has 0 amide bonds. The highest BCUT2D eigenvalue weighted by molar-refractivity contribution is 5.79. The summed E-state index contributed by atoms with van der Waals surface area (Å²) in [5.41, 5.74) is 0. The Morgan fingerprint density at radius 1 is 1.29 bits per heavy atom. The van der Waals surface area contributed by atoms with Gasteiger partial charge in [-0.05, 0) is 63.5 Å². The molecule has 1 unspecified atom stereocenters. The summed E-state index contributed by atoms with van der Waals surface area (Å²) in [7, 11) is 3.95. The number of nitrogens with zero attached hydrogens (tertiary/aromatic N) is 3. The minimum atomic E-state index is 0.793. The van der Waals surface area contributed by atoms with Crippen LogP contribution in [0.5, 0.6) is 0 Å². The molecule has 0 aromatic heterocycles. The van der Waals surface area contributed by atoms with E-state index in [0.717, 1.165) is 44.1 Å². The first-order chi connectivity index (χ1) is 11.7. The number of ether oxygens (including phenoxy) is 1. The Morgan fingerprint density at radius 2 is 2.12 bits per heavy atom. The predicted molar refractivity (Wildman–Crippen MR) is 102 cm³/mol. The van der Waals surface area contributed by atoms with Gasteiger partial charge < -0.3 is 19.9 Å². The van der Waals surface area contributed by atoms with Crippen molar-refractivity contribution >= 4 is 5.96 Å². The monoisotopic (exact) mass is 338 g/mol. The van der Waals surface area contributed by atoms with Crippen molar-refractivity contribution in [2.45, 2.75) is 45.4 Å². The lowest BCUT2D eigenvalue weighted by molar-refractivity contribution is 0.115. The number of likely N-dealkylation sites (tertiary alicyclic amines) is 1. The Hall–Kier alpha value is -0.810. The van der Waals surface area contributed by atoms with Crippen LogP contribution in [-0.4, -0.2) is 75.8 Å². The molecule has 0 bridgehead atoms. The van der Waals surface area contributed by atoms with Crippen LogP contribution in [0.1, 0.15) is 45.4 Å². The maximum absolute atomic E-state index is 5.71. The van der Waals surface area contributed by atoms with E-state index in [1.165, 1.54) is 58.2 Å². The van der Waals surface area contributed by atoms with Gasteiger partial charge >= 0.3 is 0 Å². The van der Waals surface area contributed by atoms with Crippen LogP contribution in [0.4, 0.5) is 0 Å². The van der Waals surface area contributed by atoms with Crippen LogP contribution in [-0.2, 0) is 4.74 Å². The number of hydrogen-bond acceptors (Lipinski definition) is 3. The van der Waals surface area contributed by atoms with E-state index in [1.54, 1.807) is 0 Å². The number of aliphatic imine (C=N–C) groups is 1. The number of hydrogen-bond donors (Lipinski definition) is 1. The SMILES string of the molecule is CN=C(NCCCCN1CCCC(C)C1)N(C)CCOCC1CC1. The first-order valence-electron chi connectivity index (χ1n) is 9.91. The molecule has 5 heteroatoms. The van der Waals surface area contributed by atoms with Gasteiger partial charge in [-0.25, -0.2) is 0 Å². The summed E-state index contributed by atoms with van der Waals surface area (Å²) in [6, 6.07) is 0. The lowest BCUT2D eigenvalue weighted by Gasteiger charge is -2.30. The summed E-state index contributed by atoms with van der Waals surface area (Å²) in [6.45, 7) is 9.84. The maximum Gasteiger partial charge on any atom is 0.193 e. The van der Waals surface area contributed by atoms with E-state index in [-0.39, 0.29) is 0 Å². The van der Waals surface area contributed by atoms with Gasteiger partial charge in [0.15, 0.2) is 5.96 Å². The summed E-state index contributed by atoms with van der Waals surface area (Å²) in [6.07, 6.45) is 7.97. The highest BCUT2D eigenvalue weighted by Crippen LogP contribution is 2.28. The van der Waals surface area contributed by atoms with Crippen LogP contribution in [0.2, 0.25) is 0 Å². The van der Waals surface area contributed by atoms with Crippen LogP contribution < -0.4 is 5.32 Å². The highest BCUT2D eigenvalue weighted by atomic mass is 16.5. The first kappa shape index (κ1) is 19.5. The average molecular weight is 339 g/mol. The molecule has 0 aromatic rings. The normalized spacial score (nSPS) is 22.6. The smallest absolute Gasteiger partial charge is 0.193 e. The second kappa shape index (κ2) is 10.9. The van der Waals surface area contributed by atoms with Gasteiger partial charge in [0.05, 0.1) is 6.61 Å². The largest absolute Gasteiger partial charge is 0.379 e. The van der Waals surface area contributed by atoms with E-state index < -0.39 is 0 Å². The third kappa shape index (κ3) is 7.84. The standard InChI is InChI=1S/C19H38N4O/c1-17-7-6-12-23(15-17)11-5-4-10-21-19(20-2)22(3)13-14-24-16-18-8-9-18/h17-18H,4-16H2,1-3H3,(H,20,21). The fourth-order valence-electron chi connectivity index (χ4n) is 3.38. The van der Waals surface area contributed by atoms with Crippen LogP contribution in [0.25, 0.3) is 0 Å². The molecular weight excluding hydrogens is 300 g/mol. The summed E-state index contributed by atoms with van der Waals surface area (Å²) in [5, 5.41) is 3.48. The van der Waals surface area contributed by atoms with Gasteiger partial charge in [-0.15, -0.1) is 0 Å². The van der Waals surface area contributed by atoms with Gasteiger partial charge in [-0.1, -0.05) is 6.92 Å². The van der Waals surface area contributed by atoms with E-state index >= 15 is 0 Å². The minimum Gasteiger partial charge on any atom is -0.379 e. The van der Waals surface area contributed by atoms with Gasteiger partial charge in [0.1, 0.15) is 0 Å². The van der Waals surface area contributed by atoms with Gasteiger partial charge in [0.25, 0.3) is 0 Å². The number of unbranched alkanes of at least 4 members (excludes halogenated alkanes) is 1. The quantitative estimate of drug-likeness (QED) is 0.377. The molecule has 1 atom stereocenters. The van der Waals surface area contributed by atoms with Crippen LogP contribution >= 0.6 is 0 Å². The molecule has 0 spiro atoms. The van der Waals surface area contributed by atoms with Crippen LogP contribution in [0.15, 0.2) is 4.99 Å². The first-order valence-corrected chi connectivity index (χ1v) is 9.91. The van der Waals surface area contributed by atoms with E-state index in [1.807, 2.05) is 7.05 Å². The molecule has 1 N–H and O–H groups in total. The van der Waals surface area contributed by atoms with E-state index in [2.05, 4.69) is 34.1 Å². The highest BCUT2D eigenvalue weighted by Gasteiger charge is 2.21. The summed E-state index contributed by atoms with van der Waals surface area (Å²) in [5.74, 6) is 2.71. The molecule has 140 valence electrons. The second-order valence-corrected chi connectivity index (χ2v) is 7.67. The van der Waals surface area contributed by atoms with Crippen molar-refractivity contribution in [1.82, 2.24) is 15.1 Å². The van der Waals surface area contributed by atoms with Crippen molar-refractivity contribution in [2.24, 2.45) is 16.8 Å². The van der Waals surface area contributed by atoms with Crippen molar-refractivity contribution in [2.75, 3.05) is 60.0 Å². The van der Waals surface area contributed by atoms with Crippen molar-refractivity contribution in [3.05, 3.63) is 0 Å². The van der Waals surface area contributed by atoms with Crippen molar-refractivity contribution in [3.63, 3.8) is 0 Å². The molecule has 1 saturated heterocycles. The van der Waals surface area contributed by atoms with E-state index in [9.17, 15) is 0 Å². The number of guanidine groups is 1. The summed E-state index contributed by atoms with van der Waals surface area (Å²) >= 11 is 0. The zero-order valence-electron chi connectivity index (χ0n) is 16.1. The summed E-state index contributed by atoms with van der Waals surface area (Å²) < 4.78 is 5.71. The lowest BCUT2D eigenvalue weighted by Crippen LogP contribution is -2.41. The Balaban J connectivity index is 1.48. The van der Waals surface area contributed by atoms with E-state index in [4.69, 9.17) is 4.74 Å². The minimum absolute atomic E-state index is 0.793. The number of piperidine rings is 1. The zero-order valence-corrected chi connectivity index (χ0v) is 16.1. The number of rotatable bonds is 10. The average Bonchev–Trinajstić information content (AvgIpc) is 3.39. The fourth-order valence-corrected chi connectivity index (χ4v) is 3.38. The molecule has 1 heterocycles. The molecule has 1 saturated carbocycles. The molecule has 0 radical (unpaired) electrons. The number of likely N-dealkylation sites (N-methyl/N-ethyl adjacent to an activating group) is 1. The Bertz CT molecular complexity index is 370. The van der Waals surface area contributed by atoms with Crippen molar-refractivity contribution in [3.8, 4) is 0 Å². The van der Waals surface area contributed by atoms with Crippen molar-refractivity contribution < 1.29 is 4.74 Å². The molecule has 5 nitrogen and oxygen atoms in total. The molecule has 2 fully saturated rings. The van der Waals surface area contributed by atoms with Gasteiger partial charge in [-0.2, -0.15) is 0 Å². The Morgan fingerprint density at radius 3 is 2.83 bits per heavy atom. The van der Waals surface area contributed by atoms with Crippen LogP contribution in [0, 0.1) is 11.8 Å². The zero-order chi connectivity index (χ0) is 17.2. The molecule has 2 aliphatic rings. The van der Waals surface area contributed by atoms with E-state index in [0.29, 0.717) is 0 Å². The van der Waals surface area contributed by atoms with Crippen LogP contribution in [0.3, 0.4) is 0 Å². The third-order valence-corrected chi connectivity index (χ3v) is 5.12. The molecule has 24 heavy (non-hydrogen) atoms. The number of nitrogens with one attached hydrogen (secondary N) is 1. The fraction of sp³-hybridized carbons (Fsp3) is 0.947. The van der Waals surface area contributed by atoms with Gasteiger partial charge in [0, 0.05) is 40.3 Å². The summed E-state index contributed by atoms with van der Waals surface area (Å²) in [4.78, 5) is 9.17. The Labute approximate surface area is 148 Å². The maximum atomic E-state index is 5.71. The molecular formula is C19H38N4O. The lowest BCUT2D eigenvalue weighted by atomic mass is 10.0. The molecule has 1 aliphatic carbocycles. The van der Waals surface area contributed by atoms with Crippen molar-refractivity contribution in [1.29, 1.82) is 0 Å².